The molecule has 0 spiro atoms. The number of esters is 1. The van der Waals surface area contributed by atoms with E-state index in [0.717, 1.165) is 44.9 Å². The van der Waals surface area contributed by atoms with Crippen LogP contribution in [0.15, 0.2) is 12.2 Å². The molecule has 6 nitrogen and oxygen atoms in total. The first-order chi connectivity index (χ1) is 37.5. The first-order valence-electron chi connectivity index (χ1n) is 34.9. The highest BCUT2D eigenvalue weighted by Gasteiger charge is 2.20. The van der Waals surface area contributed by atoms with Gasteiger partial charge in [-0.2, -0.15) is 0 Å². The Bertz CT molecular complexity index is 1140. The van der Waals surface area contributed by atoms with Gasteiger partial charge in [0.25, 0.3) is 0 Å². The van der Waals surface area contributed by atoms with Crippen molar-refractivity contribution >= 4 is 11.9 Å². The fraction of sp³-hybridized carbons (Fsp3) is 0.943. The lowest BCUT2D eigenvalue weighted by molar-refractivity contribution is -0.143. The van der Waals surface area contributed by atoms with Crippen molar-refractivity contribution in [3.05, 3.63) is 12.2 Å². The van der Waals surface area contributed by atoms with E-state index >= 15 is 0 Å². The quantitative estimate of drug-likeness (QED) is 0.0320. The zero-order chi connectivity index (χ0) is 55.0. The fourth-order valence-electron chi connectivity index (χ4n) is 11.2. The fourth-order valence-corrected chi connectivity index (χ4v) is 11.2. The number of allylic oxidation sites excluding steroid dienone is 2. The van der Waals surface area contributed by atoms with Crippen LogP contribution < -0.4 is 5.32 Å². The Morgan fingerprint density at radius 2 is 0.618 bits per heavy atom. The smallest absolute Gasteiger partial charge is 0.305 e. The Morgan fingerprint density at radius 3 is 0.934 bits per heavy atom. The molecule has 0 fully saturated rings. The minimum absolute atomic E-state index is 0.0111. The SMILES string of the molecule is CCCCCCCC/C=C\CCCCCCCC(=O)OCCCCCCCCCCCCCCCCCCCCCCCCCCCCCC(=O)NC(CO)C(O)CCCCCCCCCCCCCCCCCCC. The summed E-state index contributed by atoms with van der Waals surface area (Å²) in [5.74, 6) is -0.0173. The first kappa shape index (κ1) is 74.6. The lowest BCUT2D eigenvalue weighted by Crippen LogP contribution is -2.45. The van der Waals surface area contributed by atoms with Gasteiger partial charge in [0.2, 0.25) is 5.91 Å². The van der Waals surface area contributed by atoms with Crippen LogP contribution in [0.5, 0.6) is 0 Å². The molecule has 0 aromatic carbocycles. The summed E-state index contributed by atoms with van der Waals surface area (Å²) in [7, 11) is 0. The summed E-state index contributed by atoms with van der Waals surface area (Å²) in [5, 5.41) is 23.4. The van der Waals surface area contributed by atoms with Crippen molar-refractivity contribution < 1.29 is 24.5 Å². The number of hydrogen-bond donors (Lipinski definition) is 3. The van der Waals surface area contributed by atoms with Crippen molar-refractivity contribution in [3.8, 4) is 0 Å². The standard InChI is InChI=1S/C70H137NO5/c1-3-5-7-9-11-13-15-17-19-31-35-38-42-46-50-54-58-62-68(73)67(66-72)71-69(74)63-59-55-51-47-43-39-36-32-29-27-25-23-21-20-22-24-26-28-30-33-37-41-45-49-53-57-61-65-76-70(75)64-60-56-52-48-44-40-34-18-16-14-12-10-8-6-4-2/h18,34,67-68,72-73H,3-17,19-33,35-66H2,1-2H3,(H,71,74)/b34-18-. The summed E-state index contributed by atoms with van der Waals surface area (Å²) in [6, 6.07) is -0.539. The number of carbonyl (C=O) groups excluding carboxylic acids is 2. The number of nitrogens with one attached hydrogen (secondary N) is 1. The van der Waals surface area contributed by atoms with Crippen molar-refractivity contribution in [3.63, 3.8) is 0 Å². The number of hydrogen-bond acceptors (Lipinski definition) is 5. The van der Waals surface area contributed by atoms with Gasteiger partial charge in [-0.3, -0.25) is 9.59 Å². The third-order valence-corrected chi connectivity index (χ3v) is 16.6. The number of amides is 1. The van der Waals surface area contributed by atoms with E-state index in [1.165, 1.54) is 321 Å². The van der Waals surface area contributed by atoms with Crippen molar-refractivity contribution in [2.24, 2.45) is 0 Å². The molecule has 0 radical (unpaired) electrons. The molecule has 76 heavy (non-hydrogen) atoms. The second kappa shape index (κ2) is 66.1. The van der Waals surface area contributed by atoms with Crippen LogP contribution in [0.2, 0.25) is 0 Å². The van der Waals surface area contributed by atoms with Gasteiger partial charge in [0.15, 0.2) is 0 Å². The third kappa shape index (κ3) is 61.8. The van der Waals surface area contributed by atoms with E-state index in [1.807, 2.05) is 0 Å². The average Bonchev–Trinajstić information content (AvgIpc) is 3.42. The first-order valence-corrected chi connectivity index (χ1v) is 34.9. The Balaban J connectivity index is 3.34. The third-order valence-electron chi connectivity index (χ3n) is 16.6. The van der Waals surface area contributed by atoms with E-state index in [4.69, 9.17) is 4.74 Å². The van der Waals surface area contributed by atoms with Crippen molar-refractivity contribution in [1.29, 1.82) is 0 Å². The van der Waals surface area contributed by atoms with Crippen molar-refractivity contribution in [2.45, 2.75) is 411 Å². The highest BCUT2D eigenvalue weighted by Crippen LogP contribution is 2.19. The minimum atomic E-state index is -0.662. The molecule has 1 amide bonds. The molecule has 2 unspecified atom stereocenters. The predicted molar refractivity (Wildman–Crippen MR) is 333 cm³/mol. The van der Waals surface area contributed by atoms with Crippen LogP contribution in [0.4, 0.5) is 0 Å². The van der Waals surface area contributed by atoms with Gasteiger partial charge >= 0.3 is 5.97 Å². The van der Waals surface area contributed by atoms with Crippen LogP contribution in [0.1, 0.15) is 399 Å². The monoisotopic (exact) mass is 1070 g/mol. The number of carbonyl (C=O) groups is 2. The molecule has 3 N–H and O–H groups in total. The van der Waals surface area contributed by atoms with Crippen LogP contribution in [0.25, 0.3) is 0 Å². The topological polar surface area (TPSA) is 95.9 Å². The Morgan fingerprint density at radius 1 is 0.355 bits per heavy atom. The molecule has 6 heteroatoms. The largest absolute Gasteiger partial charge is 0.466 e. The van der Waals surface area contributed by atoms with Gasteiger partial charge in [-0.25, -0.2) is 0 Å². The van der Waals surface area contributed by atoms with E-state index in [9.17, 15) is 19.8 Å². The summed E-state index contributed by atoms with van der Waals surface area (Å²) >= 11 is 0. The molecule has 0 heterocycles. The average molecular weight is 1070 g/mol. The lowest BCUT2D eigenvalue weighted by Gasteiger charge is -2.22. The molecule has 0 aliphatic heterocycles. The maximum absolute atomic E-state index is 12.5. The number of ether oxygens (including phenoxy) is 1. The number of rotatable bonds is 66. The van der Waals surface area contributed by atoms with E-state index in [0.29, 0.717) is 25.9 Å². The maximum Gasteiger partial charge on any atom is 0.305 e. The van der Waals surface area contributed by atoms with E-state index < -0.39 is 12.1 Å². The molecule has 0 aliphatic rings. The van der Waals surface area contributed by atoms with Crippen LogP contribution in [-0.2, 0) is 14.3 Å². The normalized spacial score (nSPS) is 12.5. The van der Waals surface area contributed by atoms with Crippen LogP contribution in [0, 0.1) is 0 Å². The van der Waals surface area contributed by atoms with E-state index in [2.05, 4.69) is 31.3 Å². The molecule has 0 saturated heterocycles. The lowest BCUT2D eigenvalue weighted by atomic mass is 10.0. The van der Waals surface area contributed by atoms with E-state index in [-0.39, 0.29) is 18.5 Å². The molecule has 452 valence electrons. The molecule has 0 aromatic rings. The molecular formula is C70H137NO5. The van der Waals surface area contributed by atoms with Crippen LogP contribution in [0.3, 0.4) is 0 Å². The zero-order valence-corrected chi connectivity index (χ0v) is 51.8. The Labute approximate surface area is 476 Å². The highest BCUT2D eigenvalue weighted by molar-refractivity contribution is 5.76. The molecular weight excluding hydrogens is 935 g/mol. The van der Waals surface area contributed by atoms with Gasteiger partial charge in [0.1, 0.15) is 0 Å². The zero-order valence-electron chi connectivity index (χ0n) is 51.8. The number of unbranched alkanes of at least 4 members (excludes halogenated alkanes) is 53. The summed E-state index contributed by atoms with van der Waals surface area (Å²) < 4.78 is 5.49. The van der Waals surface area contributed by atoms with Gasteiger partial charge < -0.3 is 20.3 Å². The molecule has 0 bridgehead atoms. The number of aliphatic hydroxyl groups excluding tert-OH is 2. The summed E-state index contributed by atoms with van der Waals surface area (Å²) in [4.78, 5) is 24.6. The number of aliphatic hydroxyl groups is 2. The van der Waals surface area contributed by atoms with Gasteiger partial charge in [0, 0.05) is 12.8 Å². The van der Waals surface area contributed by atoms with Crippen LogP contribution in [-0.4, -0.2) is 47.4 Å². The second-order valence-corrected chi connectivity index (χ2v) is 24.2. The minimum Gasteiger partial charge on any atom is -0.466 e. The van der Waals surface area contributed by atoms with Gasteiger partial charge in [-0.1, -0.05) is 347 Å². The molecule has 0 saturated carbocycles. The summed E-state index contributed by atoms with van der Waals surface area (Å²) in [6.45, 7) is 4.98. The molecule has 0 aliphatic carbocycles. The predicted octanol–water partition coefficient (Wildman–Crippen LogP) is 22.4. The van der Waals surface area contributed by atoms with Gasteiger partial charge in [-0.05, 0) is 51.4 Å². The Kier molecular flexibility index (Phi) is 64.9. The molecule has 0 aromatic heterocycles. The second-order valence-electron chi connectivity index (χ2n) is 24.2. The molecule has 0 rings (SSSR count). The molecule has 2 atom stereocenters. The van der Waals surface area contributed by atoms with Crippen LogP contribution >= 0.6 is 0 Å². The van der Waals surface area contributed by atoms with E-state index in [1.54, 1.807) is 0 Å². The van der Waals surface area contributed by atoms with Crippen molar-refractivity contribution in [2.75, 3.05) is 13.2 Å². The van der Waals surface area contributed by atoms with Crippen molar-refractivity contribution in [1.82, 2.24) is 5.32 Å². The van der Waals surface area contributed by atoms with Gasteiger partial charge in [-0.15, -0.1) is 0 Å². The van der Waals surface area contributed by atoms with Gasteiger partial charge in [0.05, 0.1) is 25.4 Å². The Hall–Kier alpha value is -1.40. The summed E-state index contributed by atoms with van der Waals surface area (Å²) in [6.07, 6.45) is 81.1. The highest BCUT2D eigenvalue weighted by atomic mass is 16.5. The maximum atomic E-state index is 12.5. The summed E-state index contributed by atoms with van der Waals surface area (Å²) in [5.41, 5.74) is 0.